The number of benzene rings is 1. The van der Waals surface area contributed by atoms with Crippen molar-refractivity contribution in [3.8, 4) is 0 Å². The predicted octanol–water partition coefficient (Wildman–Crippen LogP) is 1.88. The average Bonchev–Trinajstić information content (AvgIpc) is 2.99. The molecule has 4 nitrogen and oxygen atoms in total. The maximum absolute atomic E-state index is 12.7. The van der Waals surface area contributed by atoms with E-state index in [-0.39, 0.29) is 10.7 Å². The summed E-state index contributed by atoms with van der Waals surface area (Å²) in [6, 6.07) is 7.23. The Morgan fingerprint density at radius 2 is 1.86 bits per heavy atom. The molecule has 0 aromatic heterocycles. The van der Waals surface area contributed by atoms with E-state index in [1.165, 1.54) is 19.3 Å². The average molecular weight is 324 g/mol. The Labute approximate surface area is 131 Å². The number of nitrogens with zero attached hydrogens (tertiary/aromatic N) is 1. The lowest BCUT2D eigenvalue weighted by atomic mass is 10.0. The maximum atomic E-state index is 12.7. The van der Waals surface area contributed by atoms with Gasteiger partial charge >= 0.3 is 0 Å². The fourth-order valence-corrected chi connectivity index (χ4v) is 5.46. The van der Waals surface area contributed by atoms with Gasteiger partial charge in [-0.2, -0.15) is 0 Å². The Morgan fingerprint density at radius 1 is 1.24 bits per heavy atom. The second kappa shape index (κ2) is 5.66. The molecule has 3 rings (SSSR count). The van der Waals surface area contributed by atoms with Crippen LogP contribution in [0.3, 0.4) is 0 Å². The van der Waals surface area contributed by atoms with Gasteiger partial charge < -0.3 is 5.73 Å². The van der Waals surface area contributed by atoms with Gasteiger partial charge in [0, 0.05) is 18.7 Å². The van der Waals surface area contributed by atoms with E-state index in [0.717, 1.165) is 0 Å². The van der Waals surface area contributed by atoms with Crippen molar-refractivity contribution in [1.82, 2.24) is 4.31 Å². The minimum Gasteiger partial charge on any atom is -0.389 e. The molecule has 0 bridgehead atoms. The molecule has 1 aliphatic heterocycles. The molecular formula is C15H20N2O2S2. The van der Waals surface area contributed by atoms with Crippen LogP contribution in [-0.4, -0.2) is 30.8 Å². The number of hydrogen-bond donors (Lipinski definition) is 1. The molecule has 0 spiro atoms. The third-order valence-electron chi connectivity index (χ3n) is 4.71. The van der Waals surface area contributed by atoms with Gasteiger partial charge in [-0.1, -0.05) is 42.9 Å². The molecular weight excluding hydrogens is 304 g/mol. The summed E-state index contributed by atoms with van der Waals surface area (Å²) in [6.07, 6.45) is 3.58. The van der Waals surface area contributed by atoms with Crippen LogP contribution in [0.2, 0.25) is 0 Å². The summed E-state index contributed by atoms with van der Waals surface area (Å²) < 4.78 is 27.0. The standard InChI is InChI=1S/C15H20N2O2S2/c16-15(20)14-7-2-1-4-13(14)10-21(18,19)17-8-11-5-3-6-12(11)9-17/h1-2,4,7,11-12H,3,5-6,8-10H2,(H2,16,20). The molecule has 2 fully saturated rings. The molecule has 2 N–H and O–H groups in total. The van der Waals surface area contributed by atoms with Crippen LogP contribution in [0.4, 0.5) is 0 Å². The summed E-state index contributed by atoms with van der Waals surface area (Å²) in [5, 5.41) is 0. The van der Waals surface area contributed by atoms with Gasteiger partial charge in [-0.25, -0.2) is 12.7 Å². The number of rotatable bonds is 4. The normalized spacial score (nSPS) is 25.9. The monoisotopic (exact) mass is 324 g/mol. The van der Waals surface area contributed by atoms with Crippen LogP contribution in [0.15, 0.2) is 24.3 Å². The van der Waals surface area contributed by atoms with E-state index >= 15 is 0 Å². The third-order valence-corrected chi connectivity index (χ3v) is 6.69. The van der Waals surface area contributed by atoms with Crippen LogP contribution in [0.1, 0.15) is 30.4 Å². The first-order valence-corrected chi connectivity index (χ1v) is 9.34. The first kappa shape index (κ1) is 14.9. The van der Waals surface area contributed by atoms with Crippen molar-refractivity contribution < 1.29 is 8.42 Å². The van der Waals surface area contributed by atoms with Crippen molar-refractivity contribution in [2.75, 3.05) is 13.1 Å². The molecule has 114 valence electrons. The van der Waals surface area contributed by atoms with E-state index in [1.807, 2.05) is 12.1 Å². The Morgan fingerprint density at radius 3 is 2.48 bits per heavy atom. The van der Waals surface area contributed by atoms with Crippen molar-refractivity contribution in [2.24, 2.45) is 17.6 Å². The summed E-state index contributed by atoms with van der Waals surface area (Å²) in [6.45, 7) is 1.37. The summed E-state index contributed by atoms with van der Waals surface area (Å²) in [4.78, 5) is 0.249. The summed E-state index contributed by atoms with van der Waals surface area (Å²) in [5.74, 6) is 1.11. The molecule has 1 saturated carbocycles. The molecule has 2 unspecified atom stereocenters. The zero-order valence-electron chi connectivity index (χ0n) is 11.9. The van der Waals surface area contributed by atoms with Gasteiger partial charge in [-0.15, -0.1) is 0 Å². The Bertz CT molecular complexity index is 645. The van der Waals surface area contributed by atoms with E-state index < -0.39 is 10.0 Å². The number of thiocarbonyl (C=S) groups is 1. The molecule has 2 aliphatic rings. The summed E-state index contributed by atoms with van der Waals surface area (Å²) >= 11 is 5.01. The lowest BCUT2D eigenvalue weighted by Gasteiger charge is -2.18. The lowest BCUT2D eigenvalue weighted by molar-refractivity contribution is 0.445. The summed E-state index contributed by atoms with van der Waals surface area (Å²) in [7, 11) is -3.29. The van der Waals surface area contributed by atoms with Crippen LogP contribution < -0.4 is 5.73 Å². The smallest absolute Gasteiger partial charge is 0.218 e. The molecule has 1 aromatic rings. The fourth-order valence-electron chi connectivity index (χ4n) is 3.59. The van der Waals surface area contributed by atoms with Crippen LogP contribution in [0.5, 0.6) is 0 Å². The molecule has 1 heterocycles. The summed E-state index contributed by atoms with van der Waals surface area (Å²) in [5.41, 5.74) is 7.04. The van der Waals surface area contributed by atoms with Gasteiger partial charge in [0.15, 0.2) is 0 Å². The minimum absolute atomic E-state index is 0.0139. The second-order valence-electron chi connectivity index (χ2n) is 6.05. The van der Waals surface area contributed by atoms with E-state index in [4.69, 9.17) is 18.0 Å². The number of nitrogens with two attached hydrogens (primary N) is 1. The molecule has 1 aromatic carbocycles. The fraction of sp³-hybridized carbons (Fsp3) is 0.533. The van der Waals surface area contributed by atoms with Gasteiger partial charge in [-0.05, 0) is 30.2 Å². The zero-order valence-corrected chi connectivity index (χ0v) is 13.5. The molecule has 6 heteroatoms. The van der Waals surface area contributed by atoms with Gasteiger partial charge in [0.05, 0.1) is 5.75 Å². The van der Waals surface area contributed by atoms with Crippen molar-refractivity contribution in [3.63, 3.8) is 0 Å². The van der Waals surface area contributed by atoms with E-state index in [9.17, 15) is 8.42 Å². The minimum atomic E-state index is -3.29. The lowest BCUT2D eigenvalue weighted by Crippen LogP contribution is -2.31. The first-order valence-electron chi connectivity index (χ1n) is 7.33. The first-order chi connectivity index (χ1) is 9.97. The second-order valence-corrected chi connectivity index (χ2v) is 8.45. The number of hydrogen-bond acceptors (Lipinski definition) is 3. The Kier molecular flexibility index (Phi) is 4.03. The van der Waals surface area contributed by atoms with E-state index in [0.29, 0.717) is 36.1 Å². The molecule has 1 saturated heterocycles. The van der Waals surface area contributed by atoms with Crippen LogP contribution in [0, 0.1) is 11.8 Å². The highest BCUT2D eigenvalue weighted by Gasteiger charge is 2.40. The van der Waals surface area contributed by atoms with Crippen molar-refractivity contribution in [1.29, 1.82) is 0 Å². The molecule has 21 heavy (non-hydrogen) atoms. The quantitative estimate of drug-likeness (QED) is 0.859. The van der Waals surface area contributed by atoms with Crippen LogP contribution in [0.25, 0.3) is 0 Å². The van der Waals surface area contributed by atoms with Gasteiger partial charge in [0.25, 0.3) is 0 Å². The molecule has 0 amide bonds. The molecule has 0 radical (unpaired) electrons. The van der Waals surface area contributed by atoms with Gasteiger partial charge in [0.2, 0.25) is 10.0 Å². The highest BCUT2D eigenvalue weighted by molar-refractivity contribution is 7.88. The van der Waals surface area contributed by atoms with Gasteiger partial charge in [-0.3, -0.25) is 0 Å². The number of sulfonamides is 1. The Hall–Kier alpha value is -0.980. The predicted molar refractivity (Wildman–Crippen MR) is 87.4 cm³/mol. The highest BCUT2D eigenvalue weighted by Crippen LogP contribution is 2.39. The SMILES string of the molecule is NC(=S)c1ccccc1CS(=O)(=O)N1CC2CCCC2C1. The molecule has 2 atom stereocenters. The third kappa shape index (κ3) is 2.98. The van der Waals surface area contributed by atoms with E-state index in [1.54, 1.807) is 16.4 Å². The van der Waals surface area contributed by atoms with Crippen molar-refractivity contribution in [3.05, 3.63) is 35.4 Å². The number of fused-ring (bicyclic) bond motifs is 1. The topological polar surface area (TPSA) is 63.4 Å². The van der Waals surface area contributed by atoms with Crippen molar-refractivity contribution >= 4 is 27.2 Å². The van der Waals surface area contributed by atoms with Gasteiger partial charge in [0.1, 0.15) is 4.99 Å². The maximum Gasteiger partial charge on any atom is 0.218 e. The van der Waals surface area contributed by atoms with E-state index in [2.05, 4.69) is 0 Å². The van der Waals surface area contributed by atoms with Crippen LogP contribution >= 0.6 is 12.2 Å². The molecule has 1 aliphatic carbocycles. The Balaban J connectivity index is 1.79. The van der Waals surface area contributed by atoms with Crippen LogP contribution in [-0.2, 0) is 15.8 Å². The highest BCUT2D eigenvalue weighted by atomic mass is 32.2. The zero-order chi connectivity index (χ0) is 15.0. The largest absolute Gasteiger partial charge is 0.389 e. The van der Waals surface area contributed by atoms with Crippen molar-refractivity contribution in [2.45, 2.75) is 25.0 Å².